The predicted molar refractivity (Wildman–Crippen MR) is 120 cm³/mol. The molecule has 0 spiro atoms. The molecular formula is C24H20F4N6O. The summed E-state index contributed by atoms with van der Waals surface area (Å²) in [6.07, 6.45) is 7.71. The number of hydrogen-bond acceptors (Lipinski definition) is 5. The number of amides is 1. The van der Waals surface area contributed by atoms with Crippen LogP contribution in [0.2, 0.25) is 0 Å². The number of nitrogens with one attached hydrogen (secondary N) is 1. The van der Waals surface area contributed by atoms with Gasteiger partial charge in [0.05, 0.1) is 42.3 Å². The monoisotopic (exact) mass is 484 g/mol. The first-order valence-electron chi connectivity index (χ1n) is 10.5. The molecule has 0 saturated heterocycles. The minimum atomic E-state index is -3.46. The molecular weight excluding hydrogens is 464 g/mol. The summed E-state index contributed by atoms with van der Waals surface area (Å²) in [7, 11) is 1.86. The Morgan fingerprint density at radius 2 is 1.80 bits per heavy atom. The van der Waals surface area contributed by atoms with Crippen molar-refractivity contribution in [3.63, 3.8) is 0 Å². The summed E-state index contributed by atoms with van der Waals surface area (Å²) < 4.78 is 57.1. The lowest BCUT2D eigenvalue weighted by atomic mass is 10.0. The molecule has 7 nitrogen and oxygen atoms in total. The molecule has 0 bridgehead atoms. The lowest BCUT2D eigenvalue weighted by Crippen LogP contribution is -2.17. The van der Waals surface area contributed by atoms with Crippen LogP contribution in [0.25, 0.3) is 11.1 Å². The van der Waals surface area contributed by atoms with Gasteiger partial charge < -0.3 is 9.88 Å². The number of rotatable bonds is 7. The van der Waals surface area contributed by atoms with Crippen LogP contribution in [-0.4, -0.2) is 30.4 Å². The van der Waals surface area contributed by atoms with Gasteiger partial charge in [0.1, 0.15) is 11.6 Å². The van der Waals surface area contributed by atoms with E-state index in [1.165, 1.54) is 24.5 Å². The first-order valence-corrected chi connectivity index (χ1v) is 10.5. The Balaban J connectivity index is 1.42. The number of pyridine rings is 1. The van der Waals surface area contributed by atoms with E-state index in [4.69, 9.17) is 0 Å². The Kier molecular flexibility index (Phi) is 6.59. The molecule has 0 fully saturated rings. The van der Waals surface area contributed by atoms with Crippen molar-refractivity contribution < 1.29 is 22.4 Å². The van der Waals surface area contributed by atoms with Crippen LogP contribution < -0.4 is 5.32 Å². The minimum Gasteiger partial charge on any atom is -0.340 e. The average Bonchev–Trinajstić information content (AvgIpc) is 3.19. The van der Waals surface area contributed by atoms with E-state index in [0.29, 0.717) is 30.3 Å². The Morgan fingerprint density at radius 3 is 2.43 bits per heavy atom. The zero-order valence-electron chi connectivity index (χ0n) is 18.8. The first-order chi connectivity index (χ1) is 16.6. The van der Waals surface area contributed by atoms with Gasteiger partial charge in [0.15, 0.2) is 0 Å². The molecule has 1 amide bonds. The van der Waals surface area contributed by atoms with E-state index in [1.807, 2.05) is 17.8 Å². The van der Waals surface area contributed by atoms with E-state index in [0.717, 1.165) is 18.0 Å². The van der Waals surface area contributed by atoms with E-state index in [9.17, 15) is 22.4 Å². The van der Waals surface area contributed by atoms with Crippen LogP contribution in [0.3, 0.4) is 0 Å². The number of benzene rings is 1. The van der Waals surface area contributed by atoms with Gasteiger partial charge in [0.25, 0.3) is 5.92 Å². The lowest BCUT2D eigenvalue weighted by molar-refractivity contribution is -0.115. The fourth-order valence-electron chi connectivity index (χ4n) is 3.42. The second-order valence-electron chi connectivity index (χ2n) is 8.09. The zero-order chi connectivity index (χ0) is 25.2. The Bertz CT molecular complexity index is 1370. The fraction of sp³-hybridized carbons (Fsp3) is 0.208. The quantitative estimate of drug-likeness (QED) is 0.310. The smallest absolute Gasteiger partial charge is 0.274 e. The second-order valence-corrected chi connectivity index (χ2v) is 8.09. The SMILES string of the molecule is Cn1cnc(Cc2ncc(-c3ccc(CC(=O)Nc4cnc(F)c(C(C)(F)F)c4)cc3F)cn2)c1. The summed E-state index contributed by atoms with van der Waals surface area (Å²) in [5, 5.41) is 2.37. The third-order valence-corrected chi connectivity index (χ3v) is 5.11. The van der Waals surface area contributed by atoms with Gasteiger partial charge in [0.2, 0.25) is 11.9 Å². The highest BCUT2D eigenvalue weighted by Gasteiger charge is 2.29. The van der Waals surface area contributed by atoms with Crippen LogP contribution in [0.1, 0.15) is 29.6 Å². The van der Waals surface area contributed by atoms with Crippen molar-refractivity contribution >= 4 is 11.6 Å². The van der Waals surface area contributed by atoms with Gasteiger partial charge in [0, 0.05) is 43.7 Å². The largest absolute Gasteiger partial charge is 0.340 e. The van der Waals surface area contributed by atoms with Crippen LogP contribution in [0.5, 0.6) is 0 Å². The molecule has 0 atom stereocenters. The molecule has 11 heteroatoms. The van der Waals surface area contributed by atoms with Crippen LogP contribution in [0.4, 0.5) is 23.2 Å². The summed E-state index contributed by atoms with van der Waals surface area (Å²) in [5.74, 6) is -5.41. The molecule has 0 radical (unpaired) electrons. The maximum Gasteiger partial charge on any atom is 0.274 e. The summed E-state index contributed by atoms with van der Waals surface area (Å²) in [5.41, 5.74) is 0.870. The lowest BCUT2D eigenvalue weighted by Gasteiger charge is -2.13. The van der Waals surface area contributed by atoms with Gasteiger partial charge in [-0.25, -0.2) is 33.1 Å². The van der Waals surface area contributed by atoms with Crippen LogP contribution in [0.15, 0.2) is 55.4 Å². The second kappa shape index (κ2) is 9.61. The van der Waals surface area contributed by atoms with E-state index in [2.05, 4.69) is 25.3 Å². The molecule has 0 unspecified atom stereocenters. The Labute approximate surface area is 197 Å². The van der Waals surface area contributed by atoms with Crippen molar-refractivity contribution in [1.82, 2.24) is 24.5 Å². The Morgan fingerprint density at radius 1 is 1.06 bits per heavy atom. The predicted octanol–water partition coefficient (Wildman–Crippen LogP) is 4.43. The highest BCUT2D eigenvalue weighted by Crippen LogP contribution is 2.30. The van der Waals surface area contributed by atoms with Crippen LogP contribution in [0, 0.1) is 11.8 Å². The van der Waals surface area contributed by atoms with Gasteiger partial charge in [-0.2, -0.15) is 4.39 Å². The number of carbonyl (C=O) groups excluding carboxylic acids is 1. The van der Waals surface area contributed by atoms with Crippen molar-refractivity contribution in [2.45, 2.75) is 25.7 Å². The van der Waals surface area contributed by atoms with Gasteiger partial charge in [-0.3, -0.25) is 4.79 Å². The molecule has 3 heterocycles. The average molecular weight is 484 g/mol. The third kappa shape index (κ3) is 5.86. The number of aromatic nitrogens is 5. The molecule has 4 aromatic rings. The molecule has 0 aliphatic carbocycles. The molecule has 35 heavy (non-hydrogen) atoms. The molecule has 1 aromatic carbocycles. The van der Waals surface area contributed by atoms with Gasteiger partial charge in [-0.05, 0) is 17.7 Å². The zero-order valence-corrected chi connectivity index (χ0v) is 18.8. The van der Waals surface area contributed by atoms with Crippen molar-refractivity contribution in [3.8, 4) is 11.1 Å². The topological polar surface area (TPSA) is 85.6 Å². The molecule has 0 saturated carbocycles. The Hall–Kier alpha value is -4.15. The minimum absolute atomic E-state index is 0.0899. The molecule has 180 valence electrons. The number of hydrogen-bond donors (Lipinski definition) is 1. The molecule has 4 rings (SSSR count). The van der Waals surface area contributed by atoms with E-state index in [1.54, 1.807) is 12.4 Å². The summed E-state index contributed by atoms with van der Waals surface area (Å²) >= 11 is 0. The number of nitrogens with zero attached hydrogens (tertiary/aromatic N) is 5. The van der Waals surface area contributed by atoms with E-state index < -0.39 is 29.2 Å². The van der Waals surface area contributed by atoms with Gasteiger partial charge >= 0.3 is 0 Å². The van der Waals surface area contributed by atoms with Crippen molar-refractivity contribution in [2.24, 2.45) is 7.05 Å². The summed E-state index contributed by atoms with van der Waals surface area (Å²) in [6, 6.07) is 5.09. The number of imidazole rings is 1. The number of halogens is 4. The highest BCUT2D eigenvalue weighted by molar-refractivity contribution is 5.92. The van der Waals surface area contributed by atoms with Crippen molar-refractivity contribution in [2.75, 3.05) is 5.32 Å². The van der Waals surface area contributed by atoms with Crippen LogP contribution >= 0.6 is 0 Å². The first kappa shape index (κ1) is 24.0. The van der Waals surface area contributed by atoms with E-state index >= 15 is 0 Å². The summed E-state index contributed by atoms with van der Waals surface area (Å²) in [4.78, 5) is 28.3. The maximum absolute atomic E-state index is 14.8. The number of anilines is 1. The molecule has 0 aliphatic heterocycles. The third-order valence-electron chi connectivity index (χ3n) is 5.11. The molecule has 3 aromatic heterocycles. The van der Waals surface area contributed by atoms with Gasteiger partial charge in [-0.1, -0.05) is 12.1 Å². The number of alkyl halides is 2. The molecule has 1 N–H and O–H groups in total. The maximum atomic E-state index is 14.8. The highest BCUT2D eigenvalue weighted by atomic mass is 19.3. The van der Waals surface area contributed by atoms with Crippen molar-refractivity contribution in [3.05, 3.63) is 89.8 Å². The normalized spacial score (nSPS) is 11.5. The van der Waals surface area contributed by atoms with Gasteiger partial charge in [-0.15, -0.1) is 0 Å². The van der Waals surface area contributed by atoms with Crippen LogP contribution in [-0.2, 0) is 30.6 Å². The number of aryl methyl sites for hydroxylation is 1. The number of carbonyl (C=O) groups is 1. The van der Waals surface area contributed by atoms with Crippen molar-refractivity contribution in [1.29, 1.82) is 0 Å². The fourth-order valence-corrected chi connectivity index (χ4v) is 3.42. The summed E-state index contributed by atoms with van der Waals surface area (Å²) in [6.45, 7) is 0.530. The standard InChI is InChI=1S/C24H20F4N6O/c1-24(27,28)19-7-16(11-31-23(19)26)33-22(35)6-14-3-4-18(20(25)5-14)15-9-29-21(30-10-15)8-17-12-34(2)13-32-17/h3-5,7,9-13H,6,8H2,1-2H3,(H,33,35). The molecule has 0 aliphatic rings. The van der Waals surface area contributed by atoms with E-state index in [-0.39, 0.29) is 17.7 Å².